The fraction of sp³-hybridized carbons (Fsp3) is 0.396. The first-order valence-corrected chi connectivity index (χ1v) is 21.6. The van der Waals surface area contributed by atoms with Crippen molar-refractivity contribution in [1.29, 1.82) is 5.26 Å². The molecule has 0 radical (unpaired) electrons. The molecule has 4 aliphatic heterocycles. The molecule has 0 saturated carbocycles. The first-order chi connectivity index (χ1) is 30.4. The minimum Gasteiger partial charge on any atom is -0.494 e. The van der Waals surface area contributed by atoms with Crippen molar-refractivity contribution < 1.29 is 33.4 Å². The zero-order valence-corrected chi connectivity index (χ0v) is 36.2. The maximum atomic E-state index is 13.3. The van der Waals surface area contributed by atoms with Crippen molar-refractivity contribution in [1.82, 2.24) is 25.1 Å². The summed E-state index contributed by atoms with van der Waals surface area (Å²) < 4.78 is 17.5. The van der Waals surface area contributed by atoms with Crippen LogP contribution in [0.3, 0.4) is 0 Å². The number of hydrogen-bond acceptors (Lipinski definition) is 12. The summed E-state index contributed by atoms with van der Waals surface area (Å²) in [4.78, 5) is 65.2. The third kappa shape index (κ3) is 9.25. The lowest BCUT2D eigenvalue weighted by atomic mass is 9.77. The number of anilines is 1. The molecule has 3 aromatic carbocycles. The zero-order valence-electron chi connectivity index (χ0n) is 35.5. The van der Waals surface area contributed by atoms with Crippen LogP contribution in [0.5, 0.6) is 11.5 Å². The van der Waals surface area contributed by atoms with Crippen LogP contribution in [0, 0.1) is 23.2 Å². The Morgan fingerprint density at radius 3 is 2.35 bits per heavy atom. The number of nitriles is 1. The maximum Gasteiger partial charge on any atom is 0.262 e. The Kier molecular flexibility index (Phi) is 12.8. The number of ether oxygens (including phenoxy) is 3. The number of carbonyl (C=O) groups is 4. The SMILES string of the molecule is COc1c(Cl)cc(C(C)(C)c2ccc(OCc3ccnc(C#CCOC4CCN(C5CCN(c6ccc7c(c6)C(=O)N(C6CCC(=O)NC6=O)C7=O)CC5)CC4)n3)cc2)cc1C#N. The van der Waals surface area contributed by atoms with Crippen LogP contribution in [0.4, 0.5) is 5.69 Å². The van der Waals surface area contributed by atoms with Crippen molar-refractivity contribution in [2.24, 2.45) is 0 Å². The Morgan fingerprint density at radius 1 is 0.889 bits per heavy atom. The van der Waals surface area contributed by atoms with Gasteiger partial charge in [0, 0.05) is 55.9 Å². The van der Waals surface area contributed by atoms with E-state index in [0.717, 1.165) is 73.6 Å². The first kappa shape index (κ1) is 43.3. The van der Waals surface area contributed by atoms with E-state index in [9.17, 15) is 24.4 Å². The van der Waals surface area contributed by atoms with Crippen LogP contribution < -0.4 is 19.7 Å². The van der Waals surface area contributed by atoms with Gasteiger partial charge in [0.25, 0.3) is 11.8 Å². The smallest absolute Gasteiger partial charge is 0.262 e. The lowest BCUT2D eigenvalue weighted by Gasteiger charge is -2.42. The summed E-state index contributed by atoms with van der Waals surface area (Å²) in [5.41, 5.74) is 4.07. The van der Waals surface area contributed by atoms with Crippen molar-refractivity contribution in [3.8, 4) is 29.4 Å². The average Bonchev–Trinajstić information content (AvgIpc) is 3.54. The quantitative estimate of drug-likeness (QED) is 0.142. The summed E-state index contributed by atoms with van der Waals surface area (Å²) >= 11 is 6.44. The molecular formula is C48H48ClN7O7. The molecule has 1 N–H and O–H groups in total. The molecule has 63 heavy (non-hydrogen) atoms. The topological polar surface area (TPSA) is 167 Å². The fourth-order valence-electron chi connectivity index (χ4n) is 8.90. The minimum atomic E-state index is -0.977. The molecule has 4 amide bonds. The Hall–Kier alpha value is -6.32. The number of rotatable bonds is 11. The molecule has 3 saturated heterocycles. The van der Waals surface area contributed by atoms with Crippen molar-refractivity contribution >= 4 is 40.9 Å². The van der Waals surface area contributed by atoms with Gasteiger partial charge in [0.1, 0.15) is 31.1 Å². The predicted molar refractivity (Wildman–Crippen MR) is 233 cm³/mol. The van der Waals surface area contributed by atoms with Crippen molar-refractivity contribution in [2.75, 3.05) is 44.8 Å². The van der Waals surface area contributed by atoms with Gasteiger partial charge in [0.2, 0.25) is 17.6 Å². The number of hydrogen-bond donors (Lipinski definition) is 1. The predicted octanol–water partition coefficient (Wildman–Crippen LogP) is 5.82. The summed E-state index contributed by atoms with van der Waals surface area (Å²) in [5.74, 6) is 5.58. The highest BCUT2D eigenvalue weighted by Gasteiger charge is 2.45. The van der Waals surface area contributed by atoms with E-state index in [1.165, 1.54) is 7.11 Å². The third-order valence-corrected chi connectivity index (χ3v) is 12.9. The Labute approximate surface area is 371 Å². The molecule has 0 aliphatic carbocycles. The van der Waals surface area contributed by atoms with Gasteiger partial charge in [-0.3, -0.25) is 29.4 Å². The molecule has 0 spiro atoms. The molecular weight excluding hydrogens is 822 g/mol. The normalized spacial score (nSPS) is 18.7. The largest absolute Gasteiger partial charge is 0.494 e. The number of carbonyl (C=O) groups excluding carboxylic acids is 4. The molecule has 0 bridgehead atoms. The van der Waals surface area contributed by atoms with Crippen LogP contribution in [-0.4, -0.2) is 101 Å². The van der Waals surface area contributed by atoms with Crippen LogP contribution in [0.2, 0.25) is 5.02 Å². The van der Waals surface area contributed by atoms with Crippen LogP contribution >= 0.6 is 11.6 Å². The van der Waals surface area contributed by atoms with Crippen molar-refractivity contribution in [3.63, 3.8) is 0 Å². The number of piperidine rings is 3. The first-order valence-electron chi connectivity index (χ1n) is 21.2. The molecule has 14 nitrogen and oxygen atoms in total. The summed E-state index contributed by atoms with van der Waals surface area (Å²) in [6.07, 6.45) is 5.82. The van der Waals surface area contributed by atoms with Gasteiger partial charge in [-0.15, -0.1) is 0 Å². The molecule has 4 aromatic rings. The van der Waals surface area contributed by atoms with Gasteiger partial charge in [-0.25, -0.2) is 9.97 Å². The summed E-state index contributed by atoms with van der Waals surface area (Å²) in [7, 11) is 1.50. The van der Waals surface area contributed by atoms with E-state index >= 15 is 0 Å². The van der Waals surface area contributed by atoms with E-state index in [1.54, 1.807) is 24.4 Å². The Morgan fingerprint density at radius 2 is 1.63 bits per heavy atom. The molecule has 5 heterocycles. The average molecular weight is 870 g/mol. The lowest BCUT2D eigenvalue weighted by molar-refractivity contribution is -0.136. The Bertz CT molecular complexity index is 2530. The third-order valence-electron chi connectivity index (χ3n) is 12.6. The number of imide groups is 2. The molecule has 1 aromatic heterocycles. The molecule has 4 aliphatic rings. The van der Waals surface area contributed by atoms with Gasteiger partial charge in [0.15, 0.2) is 5.75 Å². The van der Waals surface area contributed by atoms with Gasteiger partial charge >= 0.3 is 0 Å². The molecule has 1 atom stereocenters. The maximum absolute atomic E-state index is 13.3. The monoisotopic (exact) mass is 869 g/mol. The second-order valence-electron chi connectivity index (χ2n) is 16.7. The number of nitrogens with one attached hydrogen (secondary N) is 1. The van der Waals surface area contributed by atoms with Gasteiger partial charge in [-0.1, -0.05) is 43.5 Å². The van der Waals surface area contributed by atoms with E-state index < -0.39 is 35.1 Å². The highest BCUT2D eigenvalue weighted by Crippen LogP contribution is 2.39. The van der Waals surface area contributed by atoms with E-state index in [1.807, 2.05) is 42.5 Å². The van der Waals surface area contributed by atoms with Crippen LogP contribution in [0.15, 0.2) is 66.9 Å². The summed E-state index contributed by atoms with van der Waals surface area (Å²) in [5, 5.41) is 12.3. The van der Waals surface area contributed by atoms with Gasteiger partial charge < -0.3 is 24.0 Å². The molecule has 324 valence electrons. The van der Waals surface area contributed by atoms with E-state index in [4.69, 9.17) is 25.8 Å². The number of amides is 4. The number of fused-ring (bicyclic) bond motifs is 1. The van der Waals surface area contributed by atoms with Gasteiger partial charge in [-0.05, 0) is 97.7 Å². The number of halogens is 1. The minimum absolute atomic E-state index is 0.0883. The van der Waals surface area contributed by atoms with Crippen molar-refractivity contribution in [2.45, 2.75) is 82.6 Å². The standard InChI is InChI=1S/C48H48ClN7O7/c1-48(2,32-25-30(28-50)44(61-3)40(49)26-32)31-6-9-36(10-7-31)63-29-33-14-19-51-42(52-33)5-4-24-62-37-17-22-54(23-18-37)34-15-20-55(21-16-34)35-8-11-38-39(27-35)47(60)56(46(38)59)41-12-13-43(57)53-45(41)58/h6-11,14,19,25-27,34,37,41H,12-13,15-18,20-24,29H2,1-3H3,(H,53,57,58). The van der Waals surface area contributed by atoms with E-state index in [-0.39, 0.29) is 32.2 Å². The highest BCUT2D eigenvalue weighted by atomic mass is 35.5. The molecule has 8 rings (SSSR count). The van der Waals surface area contributed by atoms with Crippen LogP contribution in [0.25, 0.3) is 0 Å². The highest BCUT2D eigenvalue weighted by molar-refractivity contribution is 6.32. The van der Waals surface area contributed by atoms with E-state index in [0.29, 0.717) is 50.8 Å². The van der Waals surface area contributed by atoms with Gasteiger partial charge in [-0.2, -0.15) is 5.26 Å². The zero-order chi connectivity index (χ0) is 44.3. The fourth-order valence-corrected chi connectivity index (χ4v) is 9.20. The second-order valence-corrected chi connectivity index (χ2v) is 17.1. The number of aromatic nitrogens is 2. The number of nitrogens with zero attached hydrogens (tertiary/aromatic N) is 6. The van der Waals surface area contributed by atoms with Crippen LogP contribution in [0.1, 0.15) is 101 Å². The van der Waals surface area contributed by atoms with E-state index in [2.05, 4.69) is 56.8 Å². The summed E-state index contributed by atoms with van der Waals surface area (Å²) in [6, 6.07) is 20.3. The lowest BCUT2D eigenvalue weighted by Crippen LogP contribution is -2.54. The molecule has 3 fully saturated rings. The number of benzene rings is 3. The Balaban J connectivity index is 0.761. The number of methoxy groups -OCH3 is 1. The summed E-state index contributed by atoms with van der Waals surface area (Å²) in [6.45, 7) is 8.23. The molecule has 15 heteroatoms. The molecule has 1 unspecified atom stereocenters. The number of likely N-dealkylation sites (tertiary alicyclic amines) is 1. The van der Waals surface area contributed by atoms with Crippen LogP contribution in [-0.2, 0) is 26.3 Å². The van der Waals surface area contributed by atoms with Gasteiger partial charge in [0.05, 0.1) is 40.6 Å². The van der Waals surface area contributed by atoms with Crippen molar-refractivity contribution in [3.05, 3.63) is 111 Å². The second kappa shape index (κ2) is 18.6.